The number of benzene rings is 2. The Morgan fingerprint density at radius 3 is 2.05 bits per heavy atom. The van der Waals surface area contributed by atoms with Crippen molar-refractivity contribution < 1.29 is 5.11 Å². The molecule has 2 aromatic carbocycles. The van der Waals surface area contributed by atoms with Gasteiger partial charge in [-0.25, -0.2) is 0 Å². The number of aryl methyl sites for hydroxylation is 2. The molecule has 0 heterocycles. The van der Waals surface area contributed by atoms with Crippen LogP contribution in [-0.4, -0.2) is 5.11 Å². The van der Waals surface area contributed by atoms with Gasteiger partial charge in [0.25, 0.3) is 5.76 Å². The van der Waals surface area contributed by atoms with Gasteiger partial charge in [-0.1, -0.05) is 61.9 Å². The zero-order chi connectivity index (χ0) is 15.9. The largest absolute Gasteiger partial charge is 0.593 e. The molecule has 0 fully saturated rings. The lowest BCUT2D eigenvalue weighted by molar-refractivity contribution is 0.512. The summed E-state index contributed by atoms with van der Waals surface area (Å²) in [6.07, 6.45) is 6.16. The van der Waals surface area contributed by atoms with Crippen LogP contribution < -0.4 is 0 Å². The van der Waals surface area contributed by atoms with E-state index in [1.807, 2.05) is 18.2 Å². The van der Waals surface area contributed by atoms with E-state index in [-0.39, 0.29) is 0 Å². The summed E-state index contributed by atoms with van der Waals surface area (Å²) in [5.41, 5.74) is 5.81. The number of rotatable bonds is 5. The monoisotopic (exact) mass is 293 g/mol. The number of allylic oxidation sites excluding steroid dienone is 3. The third kappa shape index (κ3) is 4.11. The Balaban J connectivity index is 2.33. The number of hydrogen-bond acceptors (Lipinski definition) is 0. The van der Waals surface area contributed by atoms with Gasteiger partial charge >= 0.3 is 0 Å². The van der Waals surface area contributed by atoms with E-state index in [4.69, 9.17) is 5.11 Å². The topological polar surface area (TPSA) is 22.9 Å². The molecule has 0 bridgehead atoms. The average molecular weight is 293 g/mol. The van der Waals surface area contributed by atoms with Gasteiger partial charge in [-0.2, -0.15) is 0 Å². The fraction of sp³-hybridized carbons (Fsp3) is 0.238. The van der Waals surface area contributed by atoms with Crippen molar-refractivity contribution in [2.75, 3.05) is 0 Å². The molecule has 22 heavy (non-hydrogen) atoms. The Kier molecular flexibility index (Phi) is 5.60. The number of hydrogen-bond donors (Lipinski definition) is 0. The van der Waals surface area contributed by atoms with E-state index >= 15 is 0 Å². The van der Waals surface area contributed by atoms with Crippen molar-refractivity contribution in [3.63, 3.8) is 0 Å². The van der Waals surface area contributed by atoms with Crippen molar-refractivity contribution in [1.29, 1.82) is 0 Å². The first kappa shape index (κ1) is 16.1. The Hall–Kier alpha value is -2.28. The van der Waals surface area contributed by atoms with E-state index in [1.54, 1.807) is 0 Å². The van der Waals surface area contributed by atoms with Crippen molar-refractivity contribution in [1.82, 2.24) is 0 Å². The van der Waals surface area contributed by atoms with Gasteiger partial charge in [0.15, 0.2) is 0 Å². The highest BCUT2D eigenvalue weighted by Crippen LogP contribution is 2.22. The minimum atomic E-state index is 0.555. The lowest BCUT2D eigenvalue weighted by atomic mass is 10.00. The third-order valence-corrected chi connectivity index (χ3v) is 3.78. The smallest absolute Gasteiger partial charge is 0.261 e. The summed E-state index contributed by atoms with van der Waals surface area (Å²) in [6.45, 7) is 6.36. The van der Waals surface area contributed by atoms with Crippen molar-refractivity contribution in [3.8, 4) is 0 Å². The van der Waals surface area contributed by atoms with Crippen molar-refractivity contribution >= 4 is 11.3 Å². The molecule has 0 saturated heterocycles. The van der Waals surface area contributed by atoms with Gasteiger partial charge in [0.05, 0.1) is 5.56 Å². The van der Waals surface area contributed by atoms with Gasteiger partial charge in [0, 0.05) is 6.08 Å². The van der Waals surface area contributed by atoms with Crippen LogP contribution in [0.1, 0.15) is 42.5 Å². The molecule has 0 spiro atoms. The van der Waals surface area contributed by atoms with E-state index in [0.717, 1.165) is 24.0 Å². The summed E-state index contributed by atoms with van der Waals surface area (Å²) in [6, 6.07) is 16.8. The summed E-state index contributed by atoms with van der Waals surface area (Å²) >= 11 is 0. The molecule has 0 saturated carbocycles. The van der Waals surface area contributed by atoms with Gasteiger partial charge in [0.1, 0.15) is 0 Å². The fourth-order valence-electron chi connectivity index (χ4n) is 2.38. The maximum Gasteiger partial charge on any atom is 0.261 e. The minimum Gasteiger partial charge on any atom is -0.593 e. The second kappa shape index (κ2) is 7.65. The van der Waals surface area contributed by atoms with Gasteiger partial charge in [-0.15, -0.1) is 0 Å². The van der Waals surface area contributed by atoms with E-state index in [1.165, 1.54) is 16.7 Å². The Morgan fingerprint density at radius 2 is 1.50 bits per heavy atom. The standard InChI is InChI=1S/C21H24O/c1-4-6-20(18-13-9-17(5-2)10-14-18)15-21(22)19-11-7-16(3)8-12-19/h6-15,22H,4-5H2,1-3H3/p+1/b20-6+,21-15-. The Labute approximate surface area is 133 Å². The first-order chi connectivity index (χ1) is 10.6. The lowest BCUT2D eigenvalue weighted by Gasteiger charge is -2.05. The molecule has 0 aliphatic heterocycles. The van der Waals surface area contributed by atoms with Crippen molar-refractivity contribution in [3.05, 3.63) is 82.9 Å². The fourth-order valence-corrected chi connectivity index (χ4v) is 2.38. The first-order valence-electron chi connectivity index (χ1n) is 7.93. The highest BCUT2D eigenvalue weighted by Gasteiger charge is 2.07. The lowest BCUT2D eigenvalue weighted by Crippen LogP contribution is -1.88. The normalized spacial score (nSPS) is 12.5. The molecule has 0 radical (unpaired) electrons. The van der Waals surface area contributed by atoms with Gasteiger partial charge < -0.3 is 5.11 Å². The van der Waals surface area contributed by atoms with Gasteiger partial charge in [-0.3, -0.25) is 0 Å². The predicted octanol–water partition coefficient (Wildman–Crippen LogP) is 5.12. The summed E-state index contributed by atoms with van der Waals surface area (Å²) in [5.74, 6) is 0.555. The second-order valence-electron chi connectivity index (χ2n) is 5.54. The van der Waals surface area contributed by atoms with Crippen LogP contribution in [0.15, 0.2) is 60.7 Å². The van der Waals surface area contributed by atoms with Gasteiger partial charge in [0.2, 0.25) is 0 Å². The van der Waals surface area contributed by atoms with Crippen LogP contribution in [0.25, 0.3) is 11.3 Å². The second-order valence-corrected chi connectivity index (χ2v) is 5.54. The molecule has 0 amide bonds. The highest BCUT2D eigenvalue weighted by molar-refractivity contribution is 5.81. The van der Waals surface area contributed by atoms with Crippen LogP contribution >= 0.6 is 0 Å². The van der Waals surface area contributed by atoms with E-state index in [0.29, 0.717) is 5.76 Å². The molecule has 2 rings (SSSR count). The summed E-state index contributed by atoms with van der Waals surface area (Å²) in [5, 5.41) is 8.34. The molecule has 114 valence electrons. The molecule has 0 atom stereocenters. The molecule has 1 heteroatoms. The maximum absolute atomic E-state index is 8.34. The summed E-state index contributed by atoms with van der Waals surface area (Å²) in [4.78, 5) is 0. The third-order valence-electron chi connectivity index (χ3n) is 3.78. The molecule has 1 nitrogen and oxygen atoms in total. The molecule has 2 aromatic rings. The van der Waals surface area contributed by atoms with Crippen LogP contribution in [0.5, 0.6) is 0 Å². The molecular weight excluding hydrogens is 268 g/mol. The SMILES string of the molecule is CC/C=C(\C=C(/[OH2+])c1ccc(C)cc1)c1ccc(CC)cc1. The molecule has 0 aliphatic carbocycles. The van der Waals surface area contributed by atoms with Gasteiger partial charge in [-0.05, 0) is 48.6 Å². The summed E-state index contributed by atoms with van der Waals surface area (Å²) in [7, 11) is 0. The zero-order valence-electron chi connectivity index (χ0n) is 13.7. The van der Waals surface area contributed by atoms with Crippen LogP contribution in [0, 0.1) is 6.92 Å². The highest BCUT2D eigenvalue weighted by atomic mass is 16.3. The molecular formula is C21H25O+. The van der Waals surface area contributed by atoms with E-state index in [2.05, 4.69) is 63.2 Å². The van der Waals surface area contributed by atoms with E-state index in [9.17, 15) is 0 Å². The van der Waals surface area contributed by atoms with Crippen molar-refractivity contribution in [2.24, 2.45) is 0 Å². The van der Waals surface area contributed by atoms with Crippen molar-refractivity contribution in [2.45, 2.75) is 33.6 Å². The predicted molar refractivity (Wildman–Crippen MR) is 96.9 cm³/mol. The Morgan fingerprint density at radius 1 is 0.909 bits per heavy atom. The molecule has 2 N–H and O–H groups in total. The minimum absolute atomic E-state index is 0.555. The van der Waals surface area contributed by atoms with Crippen LogP contribution in [0.4, 0.5) is 0 Å². The van der Waals surface area contributed by atoms with Crippen LogP contribution in [-0.2, 0) is 6.42 Å². The zero-order valence-corrected chi connectivity index (χ0v) is 13.7. The maximum atomic E-state index is 8.34. The molecule has 0 aliphatic rings. The van der Waals surface area contributed by atoms with Crippen LogP contribution in [0.2, 0.25) is 0 Å². The molecule has 0 aromatic heterocycles. The van der Waals surface area contributed by atoms with E-state index < -0.39 is 0 Å². The first-order valence-corrected chi connectivity index (χ1v) is 7.93. The average Bonchev–Trinajstić information content (AvgIpc) is 2.55. The quantitative estimate of drug-likeness (QED) is 0.415. The Bertz CT molecular complexity index is 658. The summed E-state index contributed by atoms with van der Waals surface area (Å²) < 4.78 is 0. The van der Waals surface area contributed by atoms with Crippen LogP contribution in [0.3, 0.4) is 0 Å². The molecule has 0 unspecified atom stereocenters.